The molecule has 0 bridgehead atoms. The molecule has 0 fully saturated rings. The van der Waals surface area contributed by atoms with Crippen LogP contribution >= 0.6 is 11.6 Å². The second-order valence-corrected chi connectivity index (χ2v) is 7.24. The van der Waals surface area contributed by atoms with Gasteiger partial charge in [-0.2, -0.15) is 9.78 Å². The van der Waals surface area contributed by atoms with E-state index in [0.29, 0.717) is 11.4 Å². The number of fused-ring (bicyclic) bond motifs is 1. The number of nitrogens with one attached hydrogen (secondary N) is 1. The lowest BCUT2D eigenvalue weighted by atomic mass is 10.1. The Kier molecular flexibility index (Phi) is 5.46. The number of esters is 1. The third-order valence-corrected chi connectivity index (χ3v) is 5.60. The second-order valence-electron chi connectivity index (χ2n) is 6.86. The van der Waals surface area contributed by atoms with Crippen LogP contribution in [0.3, 0.4) is 0 Å². The Morgan fingerprint density at radius 1 is 1.20 bits per heavy atom. The quantitative estimate of drug-likeness (QED) is 0.626. The number of hydrogen-bond acceptors (Lipinski definition) is 6. The van der Waals surface area contributed by atoms with Gasteiger partial charge in [0.2, 0.25) is 0 Å². The minimum Gasteiger partial charge on any atom is -0.496 e. The molecule has 3 aromatic rings. The van der Waals surface area contributed by atoms with Gasteiger partial charge in [0.15, 0.2) is 0 Å². The van der Waals surface area contributed by atoms with Crippen LogP contribution in [0.25, 0.3) is 5.69 Å². The average Bonchev–Trinajstić information content (AvgIpc) is 3.19. The maximum Gasteiger partial charge on any atom is 0.340 e. The Bertz CT molecular complexity index is 1180. The summed E-state index contributed by atoms with van der Waals surface area (Å²) in [6.45, 7) is 0. The van der Waals surface area contributed by atoms with Gasteiger partial charge in [-0.05, 0) is 42.2 Å². The van der Waals surface area contributed by atoms with Crippen molar-refractivity contribution in [2.75, 3.05) is 19.5 Å². The maximum absolute atomic E-state index is 12.9. The average molecular weight is 426 g/mol. The normalized spacial score (nSPS) is 14.8. The van der Waals surface area contributed by atoms with Gasteiger partial charge in [0, 0.05) is 0 Å². The fourth-order valence-electron chi connectivity index (χ4n) is 3.80. The molecule has 7 nitrogen and oxygen atoms in total. The molecule has 1 heterocycles. The Hall–Kier alpha value is -3.32. The Morgan fingerprint density at radius 2 is 2.00 bits per heavy atom. The summed E-state index contributed by atoms with van der Waals surface area (Å²) in [4.78, 5) is 25.0. The van der Waals surface area contributed by atoms with Crippen LogP contribution in [0.5, 0.6) is 5.75 Å². The molecule has 4 rings (SSSR count). The van der Waals surface area contributed by atoms with Crippen LogP contribution in [0, 0.1) is 0 Å². The van der Waals surface area contributed by atoms with Crippen molar-refractivity contribution < 1.29 is 14.3 Å². The number of carbonyl (C=O) groups is 1. The molecular weight excluding hydrogens is 406 g/mol. The minimum absolute atomic E-state index is 0.000940. The van der Waals surface area contributed by atoms with Crippen LogP contribution in [-0.4, -0.2) is 30.0 Å². The maximum atomic E-state index is 12.9. The van der Waals surface area contributed by atoms with E-state index in [1.165, 1.54) is 13.3 Å². The van der Waals surface area contributed by atoms with Gasteiger partial charge < -0.3 is 14.8 Å². The largest absolute Gasteiger partial charge is 0.496 e. The number of nitrogens with zero attached hydrogens (tertiary/aromatic N) is 2. The lowest BCUT2D eigenvalue weighted by Crippen LogP contribution is -2.25. The van der Waals surface area contributed by atoms with E-state index in [0.717, 1.165) is 34.4 Å². The molecule has 1 aliphatic carbocycles. The highest BCUT2D eigenvalue weighted by Gasteiger charge is 2.26. The van der Waals surface area contributed by atoms with Crippen molar-refractivity contribution in [2.45, 2.75) is 18.9 Å². The predicted molar refractivity (Wildman–Crippen MR) is 114 cm³/mol. The highest BCUT2D eigenvalue weighted by atomic mass is 35.5. The van der Waals surface area contributed by atoms with E-state index < -0.39 is 11.5 Å². The van der Waals surface area contributed by atoms with Gasteiger partial charge >= 0.3 is 5.97 Å². The predicted octanol–water partition coefficient (Wildman–Crippen LogP) is 3.78. The van der Waals surface area contributed by atoms with Gasteiger partial charge in [0.05, 0.1) is 43.4 Å². The zero-order chi connectivity index (χ0) is 21.3. The third kappa shape index (κ3) is 3.41. The highest BCUT2D eigenvalue weighted by Crippen LogP contribution is 2.39. The van der Waals surface area contributed by atoms with Crippen molar-refractivity contribution in [1.82, 2.24) is 9.78 Å². The summed E-state index contributed by atoms with van der Waals surface area (Å²) in [5.74, 6) is 0.296. The van der Waals surface area contributed by atoms with Crippen molar-refractivity contribution in [3.63, 3.8) is 0 Å². The lowest BCUT2D eigenvalue weighted by Gasteiger charge is -2.17. The van der Waals surface area contributed by atoms with E-state index in [4.69, 9.17) is 21.1 Å². The number of halogens is 1. The fourth-order valence-corrected chi connectivity index (χ4v) is 3.98. The van der Waals surface area contributed by atoms with E-state index >= 15 is 0 Å². The first kappa shape index (κ1) is 20.0. The summed E-state index contributed by atoms with van der Waals surface area (Å²) in [5, 5.41) is 7.57. The molecule has 0 radical (unpaired) electrons. The first-order valence-corrected chi connectivity index (χ1v) is 9.80. The summed E-state index contributed by atoms with van der Waals surface area (Å²) in [7, 11) is 2.94. The standard InChI is InChI=1S/C22H20ClN3O4/c1-29-19-9-5-7-13-14(19)10-11-16(13)25-17-12-24-26(21(27)20(17)23)18-8-4-3-6-15(18)22(28)30-2/h3-9,12,16,25H,10-11H2,1-2H3. The minimum atomic E-state index is -0.561. The number of anilines is 1. The van der Waals surface area contributed by atoms with Gasteiger partial charge in [0.25, 0.3) is 5.56 Å². The summed E-state index contributed by atoms with van der Waals surface area (Å²) in [6, 6.07) is 12.5. The van der Waals surface area contributed by atoms with Gasteiger partial charge in [-0.3, -0.25) is 4.79 Å². The van der Waals surface area contributed by atoms with Crippen LogP contribution < -0.4 is 15.6 Å². The Balaban J connectivity index is 1.68. The molecule has 1 aliphatic rings. The number of methoxy groups -OCH3 is 2. The van der Waals surface area contributed by atoms with Gasteiger partial charge in [-0.1, -0.05) is 35.9 Å². The molecule has 154 valence electrons. The first-order valence-electron chi connectivity index (χ1n) is 9.43. The van der Waals surface area contributed by atoms with Crippen molar-refractivity contribution in [3.05, 3.63) is 80.7 Å². The van der Waals surface area contributed by atoms with Crippen LogP contribution in [-0.2, 0) is 11.2 Å². The molecule has 0 aliphatic heterocycles. The van der Waals surface area contributed by atoms with E-state index in [1.54, 1.807) is 31.4 Å². The van der Waals surface area contributed by atoms with Gasteiger partial charge in [0.1, 0.15) is 10.8 Å². The third-order valence-electron chi connectivity index (χ3n) is 5.23. The first-order chi connectivity index (χ1) is 14.5. The van der Waals surface area contributed by atoms with Crippen molar-refractivity contribution in [3.8, 4) is 11.4 Å². The van der Waals surface area contributed by atoms with Crippen molar-refractivity contribution in [2.24, 2.45) is 0 Å². The number of carbonyl (C=O) groups excluding carboxylic acids is 1. The molecule has 0 saturated heterocycles. The number of rotatable bonds is 5. The fraction of sp³-hybridized carbons (Fsp3) is 0.227. The molecule has 1 aromatic heterocycles. The Morgan fingerprint density at radius 3 is 2.77 bits per heavy atom. The monoisotopic (exact) mass is 425 g/mol. The summed E-state index contributed by atoms with van der Waals surface area (Å²) < 4.78 is 11.3. The highest BCUT2D eigenvalue weighted by molar-refractivity contribution is 6.33. The molecule has 8 heteroatoms. The molecule has 2 aromatic carbocycles. The van der Waals surface area contributed by atoms with Gasteiger partial charge in [-0.25, -0.2) is 4.79 Å². The van der Waals surface area contributed by atoms with E-state index in [9.17, 15) is 9.59 Å². The number of benzene rings is 2. The number of hydrogen-bond donors (Lipinski definition) is 1. The van der Waals surface area contributed by atoms with E-state index in [2.05, 4.69) is 10.4 Å². The van der Waals surface area contributed by atoms with Crippen LogP contribution in [0.1, 0.15) is 33.9 Å². The van der Waals surface area contributed by atoms with E-state index in [-0.39, 0.29) is 16.6 Å². The topological polar surface area (TPSA) is 82.5 Å². The molecule has 1 unspecified atom stereocenters. The van der Waals surface area contributed by atoms with Crippen LogP contribution in [0.2, 0.25) is 5.02 Å². The van der Waals surface area contributed by atoms with Crippen LogP contribution in [0.15, 0.2) is 53.5 Å². The molecular formula is C22H20ClN3O4. The molecule has 30 heavy (non-hydrogen) atoms. The molecule has 0 spiro atoms. The SMILES string of the molecule is COC(=O)c1ccccc1-n1ncc(NC2CCc3c(OC)cccc32)c(Cl)c1=O. The Labute approximate surface area is 178 Å². The summed E-state index contributed by atoms with van der Waals surface area (Å²) >= 11 is 6.40. The number of para-hydroxylation sites is 1. The van der Waals surface area contributed by atoms with E-state index in [1.807, 2.05) is 18.2 Å². The lowest BCUT2D eigenvalue weighted by molar-refractivity contribution is 0.0600. The summed E-state index contributed by atoms with van der Waals surface area (Å²) in [6.07, 6.45) is 3.21. The molecule has 0 amide bonds. The molecule has 1 N–H and O–H groups in total. The van der Waals surface area contributed by atoms with Crippen molar-refractivity contribution in [1.29, 1.82) is 0 Å². The smallest absolute Gasteiger partial charge is 0.340 e. The number of aromatic nitrogens is 2. The van der Waals surface area contributed by atoms with Gasteiger partial charge in [-0.15, -0.1) is 0 Å². The van der Waals surface area contributed by atoms with Crippen LogP contribution in [0.4, 0.5) is 5.69 Å². The zero-order valence-electron chi connectivity index (χ0n) is 16.5. The molecule has 1 atom stereocenters. The van der Waals surface area contributed by atoms with Crippen molar-refractivity contribution >= 4 is 23.3 Å². The molecule has 0 saturated carbocycles. The zero-order valence-corrected chi connectivity index (χ0v) is 17.3. The second kappa shape index (κ2) is 8.20. The summed E-state index contributed by atoms with van der Waals surface area (Å²) in [5.41, 5.74) is 2.71. The number of ether oxygens (including phenoxy) is 2.